The van der Waals surface area contributed by atoms with Gasteiger partial charge in [0, 0.05) is 29.8 Å². The van der Waals surface area contributed by atoms with Crippen molar-refractivity contribution in [2.45, 2.75) is 13.8 Å². The van der Waals surface area contributed by atoms with Crippen LogP contribution < -0.4 is 5.56 Å². The lowest BCUT2D eigenvalue weighted by Crippen LogP contribution is -2.35. The number of rotatable bonds is 5. The van der Waals surface area contributed by atoms with Gasteiger partial charge in [-0.1, -0.05) is 34.1 Å². The summed E-state index contributed by atoms with van der Waals surface area (Å²) in [4.78, 5) is 26.7. The highest BCUT2D eigenvalue weighted by molar-refractivity contribution is 9.10. The van der Waals surface area contributed by atoms with E-state index in [1.807, 2.05) is 38.1 Å². The number of likely N-dealkylation sites (N-methyl/N-ethyl adjacent to an activating group) is 1. The molecule has 0 saturated carbocycles. The molecular weight excluding hydrogens is 356 g/mol. The quantitative estimate of drug-likeness (QED) is 0.751. The second-order valence-electron chi connectivity index (χ2n) is 4.97. The highest BCUT2D eigenvalue weighted by Gasteiger charge is 2.18. The van der Waals surface area contributed by atoms with Gasteiger partial charge in [0.1, 0.15) is 5.70 Å². The molecule has 2 aromatic rings. The summed E-state index contributed by atoms with van der Waals surface area (Å²) in [5.74, 6) is -0.164. The van der Waals surface area contributed by atoms with Gasteiger partial charge in [-0.15, -0.1) is 0 Å². The molecule has 1 amide bonds. The predicted octanol–water partition coefficient (Wildman–Crippen LogP) is 3.48. The second-order valence-corrected chi connectivity index (χ2v) is 5.89. The van der Waals surface area contributed by atoms with E-state index in [1.54, 1.807) is 29.3 Å². The van der Waals surface area contributed by atoms with Crippen molar-refractivity contribution >= 4 is 33.6 Å². The maximum absolute atomic E-state index is 12.8. The van der Waals surface area contributed by atoms with E-state index in [1.165, 1.54) is 10.6 Å². The van der Waals surface area contributed by atoms with Gasteiger partial charge < -0.3 is 4.90 Å². The Morgan fingerprint density at radius 1 is 1.17 bits per heavy atom. The van der Waals surface area contributed by atoms with Gasteiger partial charge in [0.15, 0.2) is 0 Å². The van der Waals surface area contributed by atoms with Crippen LogP contribution in [0.5, 0.6) is 0 Å². The second kappa shape index (κ2) is 7.92. The number of halogens is 1. The zero-order valence-corrected chi connectivity index (χ0v) is 14.8. The van der Waals surface area contributed by atoms with Gasteiger partial charge in [-0.25, -0.2) is 0 Å². The van der Waals surface area contributed by atoms with Crippen LogP contribution in [0, 0.1) is 0 Å². The Morgan fingerprint density at radius 2 is 1.91 bits per heavy atom. The smallest absolute Gasteiger partial charge is 0.270 e. The molecule has 0 aliphatic rings. The number of nitrogens with zero attached hydrogens (tertiary/aromatic N) is 2. The summed E-state index contributed by atoms with van der Waals surface area (Å²) in [6.45, 7) is 5.03. The van der Waals surface area contributed by atoms with Crippen LogP contribution in [0.2, 0.25) is 0 Å². The monoisotopic (exact) mass is 374 g/mol. The Morgan fingerprint density at radius 3 is 2.52 bits per heavy atom. The van der Waals surface area contributed by atoms with Crippen LogP contribution in [-0.2, 0) is 4.79 Å². The first-order valence-electron chi connectivity index (χ1n) is 7.51. The number of carbonyl (C=O) groups is 1. The molecule has 0 bridgehead atoms. The van der Waals surface area contributed by atoms with E-state index in [0.29, 0.717) is 18.8 Å². The highest BCUT2D eigenvalue weighted by atomic mass is 79.9. The SMILES string of the molecule is CCN(CC)C(=O)/C(=C/c1cccc(Br)c1)n1ccccc1=O. The molecule has 0 radical (unpaired) electrons. The Bertz CT molecular complexity index is 776. The number of benzene rings is 1. The zero-order valence-electron chi connectivity index (χ0n) is 13.2. The molecule has 5 heteroatoms. The van der Waals surface area contributed by atoms with Gasteiger partial charge in [0.25, 0.3) is 11.5 Å². The fraction of sp³-hybridized carbons (Fsp3) is 0.222. The van der Waals surface area contributed by atoms with Gasteiger partial charge in [-0.3, -0.25) is 14.2 Å². The molecule has 0 spiro atoms. The van der Waals surface area contributed by atoms with Crippen LogP contribution in [-0.4, -0.2) is 28.5 Å². The fourth-order valence-corrected chi connectivity index (χ4v) is 2.70. The van der Waals surface area contributed by atoms with E-state index in [9.17, 15) is 9.59 Å². The van der Waals surface area contributed by atoms with Crippen molar-refractivity contribution in [3.63, 3.8) is 0 Å². The molecule has 23 heavy (non-hydrogen) atoms. The molecule has 0 fully saturated rings. The summed E-state index contributed by atoms with van der Waals surface area (Å²) in [7, 11) is 0. The summed E-state index contributed by atoms with van der Waals surface area (Å²) >= 11 is 3.42. The first kappa shape index (κ1) is 17.2. The zero-order chi connectivity index (χ0) is 16.8. The van der Waals surface area contributed by atoms with E-state index in [2.05, 4.69) is 15.9 Å². The van der Waals surface area contributed by atoms with E-state index < -0.39 is 0 Å². The highest BCUT2D eigenvalue weighted by Crippen LogP contribution is 2.17. The Labute approximate surface area is 144 Å². The molecule has 2 rings (SSSR count). The van der Waals surface area contributed by atoms with Crippen LogP contribution >= 0.6 is 15.9 Å². The number of hydrogen-bond acceptors (Lipinski definition) is 2. The normalized spacial score (nSPS) is 11.3. The largest absolute Gasteiger partial charge is 0.338 e. The van der Waals surface area contributed by atoms with Crippen LogP contribution in [0.15, 0.2) is 57.9 Å². The van der Waals surface area contributed by atoms with Crippen molar-refractivity contribution < 1.29 is 4.79 Å². The first-order valence-corrected chi connectivity index (χ1v) is 8.30. The predicted molar refractivity (Wildman–Crippen MR) is 96.9 cm³/mol. The molecule has 1 aromatic heterocycles. The van der Waals surface area contributed by atoms with E-state index >= 15 is 0 Å². The lowest BCUT2D eigenvalue weighted by molar-refractivity contribution is -0.125. The van der Waals surface area contributed by atoms with Gasteiger partial charge in [-0.2, -0.15) is 0 Å². The molecular formula is C18H19BrN2O2. The van der Waals surface area contributed by atoms with Crippen LogP contribution in [0.3, 0.4) is 0 Å². The first-order chi connectivity index (χ1) is 11.1. The minimum Gasteiger partial charge on any atom is -0.338 e. The summed E-state index contributed by atoms with van der Waals surface area (Å²) in [5.41, 5.74) is 0.970. The van der Waals surface area contributed by atoms with Crippen molar-refractivity contribution in [1.82, 2.24) is 9.47 Å². The van der Waals surface area contributed by atoms with Gasteiger partial charge in [0.05, 0.1) is 0 Å². The molecule has 0 aliphatic heterocycles. The topological polar surface area (TPSA) is 42.3 Å². The maximum atomic E-state index is 12.8. The fourth-order valence-electron chi connectivity index (χ4n) is 2.29. The van der Waals surface area contributed by atoms with Crippen molar-refractivity contribution in [2.75, 3.05) is 13.1 Å². The molecule has 0 saturated heterocycles. The number of hydrogen-bond donors (Lipinski definition) is 0. The Balaban J connectivity index is 2.58. The van der Waals surface area contributed by atoms with Gasteiger partial charge in [0.2, 0.25) is 0 Å². The number of amides is 1. The van der Waals surface area contributed by atoms with Crippen LogP contribution in [0.1, 0.15) is 19.4 Å². The third-order valence-electron chi connectivity index (χ3n) is 3.50. The number of aromatic nitrogens is 1. The van der Waals surface area contributed by atoms with E-state index in [-0.39, 0.29) is 11.5 Å². The maximum Gasteiger partial charge on any atom is 0.270 e. The minimum absolute atomic E-state index is 0.164. The van der Waals surface area contributed by atoms with Crippen LogP contribution in [0.25, 0.3) is 11.8 Å². The molecule has 0 aliphatic carbocycles. The van der Waals surface area contributed by atoms with Crippen molar-refractivity contribution in [2.24, 2.45) is 0 Å². The van der Waals surface area contributed by atoms with E-state index in [4.69, 9.17) is 0 Å². The Hall–Kier alpha value is -2.14. The van der Waals surface area contributed by atoms with Crippen molar-refractivity contribution in [3.05, 3.63) is 69.1 Å². The molecule has 0 atom stereocenters. The van der Waals surface area contributed by atoms with Gasteiger partial charge >= 0.3 is 0 Å². The lowest BCUT2D eigenvalue weighted by atomic mass is 10.1. The minimum atomic E-state index is -0.228. The molecule has 1 heterocycles. The summed E-state index contributed by atoms with van der Waals surface area (Å²) in [6, 6.07) is 12.5. The van der Waals surface area contributed by atoms with Crippen molar-refractivity contribution in [1.29, 1.82) is 0 Å². The van der Waals surface area contributed by atoms with Crippen molar-refractivity contribution in [3.8, 4) is 0 Å². The Kier molecular flexibility index (Phi) is 5.93. The molecule has 0 unspecified atom stereocenters. The third kappa shape index (κ3) is 4.20. The van der Waals surface area contributed by atoms with Crippen LogP contribution in [0.4, 0.5) is 0 Å². The standard InChI is InChI=1S/C18H19BrN2O2/c1-3-20(4-2)18(23)16(21-11-6-5-10-17(21)22)13-14-8-7-9-15(19)12-14/h5-13H,3-4H2,1-2H3/b16-13-. The summed E-state index contributed by atoms with van der Waals surface area (Å²) in [5, 5.41) is 0. The summed E-state index contributed by atoms with van der Waals surface area (Å²) in [6.07, 6.45) is 3.36. The molecule has 1 aromatic carbocycles. The lowest BCUT2D eigenvalue weighted by Gasteiger charge is -2.21. The number of carbonyl (C=O) groups excluding carboxylic acids is 1. The molecule has 4 nitrogen and oxygen atoms in total. The third-order valence-corrected chi connectivity index (χ3v) is 4.00. The van der Waals surface area contributed by atoms with E-state index in [0.717, 1.165) is 10.0 Å². The average molecular weight is 375 g/mol. The molecule has 0 N–H and O–H groups in total. The summed E-state index contributed by atoms with van der Waals surface area (Å²) < 4.78 is 2.31. The molecule has 120 valence electrons. The van der Waals surface area contributed by atoms with Gasteiger partial charge in [-0.05, 0) is 43.7 Å². The average Bonchev–Trinajstić information content (AvgIpc) is 2.54. The number of pyridine rings is 1.